The summed E-state index contributed by atoms with van der Waals surface area (Å²) in [5.41, 5.74) is 4.14. The standard InChI is InChI=1S/C27H36N4O/c1-20-11-9-12-21(2)30(20)17-7-4-8-18-31-25-16-6-5-15-24(25)29-26(27(31)32)22-13-10-14-23(19-22)28-3/h5-6,10,13-16,19-21,28H,4,7-9,11-12,17-18H2,1-3H3/t20-,21+. The van der Waals surface area contributed by atoms with E-state index in [0.717, 1.165) is 48.2 Å². The number of hydrogen-bond donors (Lipinski definition) is 1. The number of hydrogen-bond acceptors (Lipinski definition) is 4. The van der Waals surface area contributed by atoms with Crippen molar-refractivity contribution in [2.24, 2.45) is 0 Å². The number of likely N-dealkylation sites (tertiary alicyclic amines) is 1. The molecule has 32 heavy (non-hydrogen) atoms. The van der Waals surface area contributed by atoms with Crippen molar-refractivity contribution in [3.63, 3.8) is 0 Å². The first-order valence-corrected chi connectivity index (χ1v) is 12.1. The molecular weight excluding hydrogens is 396 g/mol. The molecule has 1 fully saturated rings. The predicted molar refractivity (Wildman–Crippen MR) is 134 cm³/mol. The summed E-state index contributed by atoms with van der Waals surface area (Å²) in [7, 11) is 1.89. The quantitative estimate of drug-likeness (QED) is 0.475. The van der Waals surface area contributed by atoms with Crippen LogP contribution in [0.15, 0.2) is 53.3 Å². The highest BCUT2D eigenvalue weighted by atomic mass is 16.1. The summed E-state index contributed by atoms with van der Waals surface area (Å²) in [6.07, 6.45) is 7.31. The maximum atomic E-state index is 13.5. The lowest BCUT2D eigenvalue weighted by molar-refractivity contribution is 0.101. The second kappa shape index (κ2) is 10.3. The first-order chi connectivity index (χ1) is 15.6. The van der Waals surface area contributed by atoms with Crippen LogP contribution in [0.2, 0.25) is 0 Å². The first kappa shape index (κ1) is 22.5. The molecule has 1 saturated heterocycles. The molecule has 4 rings (SSSR count). The summed E-state index contributed by atoms with van der Waals surface area (Å²) in [5, 5.41) is 3.15. The minimum atomic E-state index is -0.00442. The molecule has 170 valence electrons. The van der Waals surface area contributed by atoms with Crippen molar-refractivity contribution < 1.29 is 0 Å². The Morgan fingerprint density at radius 3 is 2.50 bits per heavy atom. The van der Waals surface area contributed by atoms with Gasteiger partial charge in [-0.15, -0.1) is 0 Å². The highest BCUT2D eigenvalue weighted by molar-refractivity contribution is 5.78. The third kappa shape index (κ3) is 4.88. The fraction of sp³-hybridized carbons (Fsp3) is 0.481. The number of aromatic nitrogens is 2. The second-order valence-corrected chi connectivity index (χ2v) is 9.16. The van der Waals surface area contributed by atoms with Crippen LogP contribution in [0.3, 0.4) is 0 Å². The predicted octanol–water partition coefficient (Wildman–Crippen LogP) is 5.54. The molecule has 2 heterocycles. The maximum absolute atomic E-state index is 13.5. The molecule has 0 aliphatic carbocycles. The summed E-state index contributed by atoms with van der Waals surface area (Å²) in [6, 6.07) is 17.3. The van der Waals surface area contributed by atoms with Crippen LogP contribution in [0.4, 0.5) is 5.69 Å². The van der Waals surface area contributed by atoms with Crippen molar-refractivity contribution in [1.82, 2.24) is 14.5 Å². The van der Waals surface area contributed by atoms with Gasteiger partial charge in [-0.2, -0.15) is 0 Å². The number of aryl methyl sites for hydroxylation is 1. The number of benzene rings is 2. The Labute approximate surface area is 191 Å². The summed E-state index contributed by atoms with van der Waals surface area (Å²) in [4.78, 5) is 20.9. The maximum Gasteiger partial charge on any atom is 0.277 e. The zero-order chi connectivity index (χ0) is 22.5. The SMILES string of the molecule is CNc1cccc(-c2nc3ccccc3n(CCCCCN3[C@H](C)CCC[C@@H]3C)c2=O)c1. The lowest BCUT2D eigenvalue weighted by Gasteiger charge is -2.39. The van der Waals surface area contributed by atoms with Gasteiger partial charge in [0.2, 0.25) is 0 Å². The third-order valence-electron chi connectivity index (χ3n) is 6.95. The molecule has 0 unspecified atom stereocenters. The lowest BCUT2D eigenvalue weighted by atomic mass is 9.97. The minimum absolute atomic E-state index is 0.00442. The molecule has 5 nitrogen and oxygen atoms in total. The molecule has 2 atom stereocenters. The number of unbranched alkanes of at least 4 members (excludes halogenated alkanes) is 2. The largest absolute Gasteiger partial charge is 0.388 e. The van der Waals surface area contributed by atoms with Gasteiger partial charge >= 0.3 is 0 Å². The van der Waals surface area contributed by atoms with Gasteiger partial charge in [0.15, 0.2) is 0 Å². The number of rotatable bonds is 8. The summed E-state index contributed by atoms with van der Waals surface area (Å²) < 4.78 is 1.93. The lowest BCUT2D eigenvalue weighted by Crippen LogP contribution is -2.44. The molecule has 1 aliphatic heterocycles. The van der Waals surface area contributed by atoms with Crippen LogP contribution >= 0.6 is 0 Å². The van der Waals surface area contributed by atoms with Crippen LogP contribution in [0.25, 0.3) is 22.3 Å². The Balaban J connectivity index is 1.50. The molecule has 0 radical (unpaired) electrons. The van der Waals surface area contributed by atoms with Gasteiger partial charge in [-0.25, -0.2) is 4.98 Å². The molecule has 5 heteroatoms. The Kier molecular flexibility index (Phi) is 7.26. The highest BCUT2D eigenvalue weighted by Gasteiger charge is 2.23. The van der Waals surface area contributed by atoms with Crippen molar-refractivity contribution in [2.45, 2.75) is 71.0 Å². The van der Waals surface area contributed by atoms with Gasteiger partial charge in [-0.05, 0) is 70.3 Å². The Morgan fingerprint density at radius 1 is 0.969 bits per heavy atom. The van der Waals surface area contributed by atoms with E-state index in [0.29, 0.717) is 17.8 Å². The Bertz CT molecular complexity index is 1100. The smallest absolute Gasteiger partial charge is 0.277 e. The molecule has 1 aromatic heterocycles. The molecule has 2 aromatic carbocycles. The molecule has 1 aliphatic rings. The highest BCUT2D eigenvalue weighted by Crippen LogP contribution is 2.23. The zero-order valence-electron chi connectivity index (χ0n) is 19.7. The van der Waals surface area contributed by atoms with E-state index < -0.39 is 0 Å². The minimum Gasteiger partial charge on any atom is -0.388 e. The fourth-order valence-corrected chi connectivity index (χ4v) is 5.08. The first-order valence-electron chi connectivity index (χ1n) is 12.1. The number of anilines is 1. The molecule has 0 amide bonds. The van der Waals surface area contributed by atoms with E-state index >= 15 is 0 Å². The van der Waals surface area contributed by atoms with E-state index in [-0.39, 0.29) is 5.56 Å². The van der Waals surface area contributed by atoms with E-state index in [1.54, 1.807) is 0 Å². The topological polar surface area (TPSA) is 50.2 Å². The van der Waals surface area contributed by atoms with Gasteiger partial charge in [-0.1, -0.05) is 37.1 Å². The molecule has 0 spiro atoms. The van der Waals surface area contributed by atoms with E-state index in [1.165, 1.54) is 25.7 Å². The van der Waals surface area contributed by atoms with E-state index in [1.807, 2.05) is 60.1 Å². The van der Waals surface area contributed by atoms with Crippen molar-refractivity contribution in [2.75, 3.05) is 18.9 Å². The Morgan fingerprint density at radius 2 is 1.72 bits per heavy atom. The van der Waals surface area contributed by atoms with E-state index in [2.05, 4.69) is 24.1 Å². The van der Waals surface area contributed by atoms with E-state index in [9.17, 15) is 4.79 Å². The number of nitrogens with one attached hydrogen (secondary N) is 1. The average Bonchev–Trinajstić information content (AvgIpc) is 2.81. The monoisotopic (exact) mass is 432 g/mol. The van der Waals surface area contributed by atoms with Crippen LogP contribution < -0.4 is 10.9 Å². The van der Waals surface area contributed by atoms with Crippen LogP contribution in [-0.2, 0) is 6.54 Å². The van der Waals surface area contributed by atoms with Crippen LogP contribution in [0, 0.1) is 0 Å². The van der Waals surface area contributed by atoms with Gasteiger partial charge < -0.3 is 9.88 Å². The average molecular weight is 433 g/mol. The van der Waals surface area contributed by atoms with Crippen LogP contribution in [-0.4, -0.2) is 40.1 Å². The molecule has 1 N–H and O–H groups in total. The third-order valence-corrected chi connectivity index (χ3v) is 6.95. The van der Waals surface area contributed by atoms with Crippen molar-refractivity contribution in [3.05, 3.63) is 58.9 Å². The fourth-order valence-electron chi connectivity index (χ4n) is 5.08. The van der Waals surface area contributed by atoms with Gasteiger partial charge in [0.05, 0.1) is 11.0 Å². The molecule has 0 bridgehead atoms. The van der Waals surface area contributed by atoms with Crippen LogP contribution in [0.1, 0.15) is 52.4 Å². The van der Waals surface area contributed by atoms with Crippen molar-refractivity contribution >= 4 is 16.7 Å². The van der Waals surface area contributed by atoms with Crippen molar-refractivity contribution in [1.29, 1.82) is 0 Å². The zero-order valence-corrected chi connectivity index (χ0v) is 19.7. The van der Waals surface area contributed by atoms with Gasteiger partial charge in [0.25, 0.3) is 5.56 Å². The number of nitrogens with zero attached hydrogens (tertiary/aromatic N) is 3. The summed E-state index contributed by atoms with van der Waals surface area (Å²) in [5.74, 6) is 0. The van der Waals surface area contributed by atoms with Crippen molar-refractivity contribution in [3.8, 4) is 11.3 Å². The molecule has 3 aromatic rings. The van der Waals surface area contributed by atoms with E-state index in [4.69, 9.17) is 4.98 Å². The normalized spacial score (nSPS) is 19.3. The summed E-state index contributed by atoms with van der Waals surface area (Å²) in [6.45, 7) is 6.62. The molecular formula is C27H36N4O. The van der Waals surface area contributed by atoms with Gasteiger partial charge in [0, 0.05) is 36.9 Å². The van der Waals surface area contributed by atoms with Gasteiger partial charge in [-0.3, -0.25) is 9.69 Å². The van der Waals surface area contributed by atoms with Gasteiger partial charge in [0.1, 0.15) is 5.69 Å². The number of piperidine rings is 1. The molecule has 0 saturated carbocycles. The van der Waals surface area contributed by atoms with Crippen LogP contribution in [0.5, 0.6) is 0 Å². The summed E-state index contributed by atoms with van der Waals surface area (Å²) >= 11 is 0. The Hall–Kier alpha value is -2.66. The second-order valence-electron chi connectivity index (χ2n) is 9.16. The number of fused-ring (bicyclic) bond motifs is 1. The number of para-hydroxylation sites is 2.